The van der Waals surface area contributed by atoms with Crippen LogP contribution in [0, 0.1) is 13.8 Å². The standard InChI is InChI=1S/C19H24N6O/c1-14-11-15(2)24(23-14)10-4-5-19(26)22-16(3)17-6-8-18(9-7-17)25-13-20-12-21-25/h6-9,11-13,16H,4-5,10H2,1-3H3,(H,22,26)/t16-/m1/s1. The van der Waals surface area contributed by atoms with E-state index in [0.29, 0.717) is 6.42 Å². The minimum atomic E-state index is -0.0408. The Hall–Kier alpha value is -2.96. The maximum atomic E-state index is 12.2. The molecule has 0 unspecified atom stereocenters. The summed E-state index contributed by atoms with van der Waals surface area (Å²) in [5.41, 5.74) is 4.13. The van der Waals surface area contributed by atoms with E-state index in [0.717, 1.165) is 35.6 Å². The van der Waals surface area contributed by atoms with Gasteiger partial charge in [0.1, 0.15) is 12.7 Å². The Morgan fingerprint density at radius 1 is 1.23 bits per heavy atom. The number of nitrogens with one attached hydrogen (secondary N) is 1. The van der Waals surface area contributed by atoms with E-state index in [1.54, 1.807) is 11.0 Å². The molecule has 0 aliphatic carbocycles. The van der Waals surface area contributed by atoms with Gasteiger partial charge in [0.05, 0.1) is 17.4 Å². The predicted molar refractivity (Wildman–Crippen MR) is 98.9 cm³/mol. The summed E-state index contributed by atoms with van der Waals surface area (Å²) in [5, 5.41) is 11.6. The minimum Gasteiger partial charge on any atom is -0.350 e. The molecule has 26 heavy (non-hydrogen) atoms. The summed E-state index contributed by atoms with van der Waals surface area (Å²) in [4.78, 5) is 16.1. The molecule has 1 aromatic carbocycles. The second-order valence-corrected chi connectivity index (χ2v) is 6.47. The summed E-state index contributed by atoms with van der Waals surface area (Å²) in [6.45, 7) is 6.76. The first-order chi connectivity index (χ1) is 12.5. The highest BCUT2D eigenvalue weighted by Crippen LogP contribution is 2.15. The molecule has 2 aromatic heterocycles. The van der Waals surface area contributed by atoms with Gasteiger partial charge >= 0.3 is 0 Å². The van der Waals surface area contributed by atoms with Gasteiger partial charge in [0.25, 0.3) is 0 Å². The van der Waals surface area contributed by atoms with Crippen molar-refractivity contribution in [1.82, 2.24) is 29.9 Å². The molecule has 3 rings (SSSR count). The Bertz CT molecular complexity index is 851. The number of carbonyl (C=O) groups is 1. The highest BCUT2D eigenvalue weighted by Gasteiger charge is 2.10. The molecule has 0 saturated heterocycles. The third-order valence-electron chi connectivity index (χ3n) is 4.33. The van der Waals surface area contributed by atoms with Crippen molar-refractivity contribution >= 4 is 5.91 Å². The van der Waals surface area contributed by atoms with E-state index >= 15 is 0 Å². The van der Waals surface area contributed by atoms with Gasteiger partial charge in [-0.3, -0.25) is 9.48 Å². The second kappa shape index (κ2) is 7.95. The van der Waals surface area contributed by atoms with Crippen LogP contribution >= 0.6 is 0 Å². The quantitative estimate of drug-likeness (QED) is 0.709. The molecular formula is C19H24N6O. The molecule has 0 aliphatic rings. The largest absolute Gasteiger partial charge is 0.350 e. The summed E-state index contributed by atoms with van der Waals surface area (Å²) < 4.78 is 3.65. The molecule has 0 aliphatic heterocycles. The molecule has 7 heteroatoms. The molecule has 0 radical (unpaired) electrons. The Morgan fingerprint density at radius 2 is 2.00 bits per heavy atom. The summed E-state index contributed by atoms with van der Waals surface area (Å²) in [6.07, 6.45) is 4.41. The molecule has 7 nitrogen and oxygen atoms in total. The molecule has 2 heterocycles. The van der Waals surface area contributed by atoms with Crippen molar-refractivity contribution < 1.29 is 4.79 Å². The van der Waals surface area contributed by atoms with Gasteiger partial charge in [0, 0.05) is 18.7 Å². The van der Waals surface area contributed by atoms with E-state index in [9.17, 15) is 4.79 Å². The maximum absolute atomic E-state index is 12.2. The van der Waals surface area contributed by atoms with Crippen LogP contribution in [-0.4, -0.2) is 30.5 Å². The maximum Gasteiger partial charge on any atom is 0.220 e. The van der Waals surface area contributed by atoms with Crippen molar-refractivity contribution in [2.75, 3.05) is 0 Å². The van der Waals surface area contributed by atoms with Crippen LogP contribution in [0.2, 0.25) is 0 Å². The van der Waals surface area contributed by atoms with E-state index in [-0.39, 0.29) is 11.9 Å². The van der Waals surface area contributed by atoms with E-state index < -0.39 is 0 Å². The monoisotopic (exact) mass is 352 g/mol. The zero-order valence-corrected chi connectivity index (χ0v) is 15.4. The number of benzene rings is 1. The van der Waals surface area contributed by atoms with Gasteiger partial charge in [-0.1, -0.05) is 12.1 Å². The third kappa shape index (κ3) is 4.36. The molecule has 3 aromatic rings. The van der Waals surface area contributed by atoms with Crippen molar-refractivity contribution in [3.05, 3.63) is 59.9 Å². The van der Waals surface area contributed by atoms with Crippen LogP contribution in [0.5, 0.6) is 0 Å². The van der Waals surface area contributed by atoms with Crippen LogP contribution in [0.25, 0.3) is 5.69 Å². The minimum absolute atomic E-state index is 0.0408. The first-order valence-electron chi connectivity index (χ1n) is 8.78. The summed E-state index contributed by atoms with van der Waals surface area (Å²) >= 11 is 0. The molecule has 136 valence electrons. The van der Waals surface area contributed by atoms with Crippen LogP contribution in [0.4, 0.5) is 0 Å². The number of nitrogens with zero attached hydrogens (tertiary/aromatic N) is 5. The third-order valence-corrected chi connectivity index (χ3v) is 4.33. The number of aromatic nitrogens is 5. The first-order valence-corrected chi connectivity index (χ1v) is 8.78. The Labute approximate surface area is 153 Å². The molecule has 0 spiro atoms. The first kappa shape index (κ1) is 17.8. The number of hydrogen-bond acceptors (Lipinski definition) is 4. The topological polar surface area (TPSA) is 77.6 Å². The van der Waals surface area contributed by atoms with Crippen molar-refractivity contribution in [3.63, 3.8) is 0 Å². The van der Waals surface area contributed by atoms with Crippen molar-refractivity contribution in [2.45, 2.75) is 46.2 Å². The van der Waals surface area contributed by atoms with E-state index in [1.807, 2.05) is 55.8 Å². The zero-order valence-electron chi connectivity index (χ0n) is 15.4. The van der Waals surface area contributed by atoms with Gasteiger partial charge in [-0.15, -0.1) is 0 Å². The number of aryl methyl sites for hydroxylation is 3. The molecule has 0 fully saturated rings. The number of amides is 1. The van der Waals surface area contributed by atoms with Gasteiger partial charge < -0.3 is 5.32 Å². The van der Waals surface area contributed by atoms with Crippen molar-refractivity contribution in [2.24, 2.45) is 0 Å². The molecule has 0 saturated carbocycles. The van der Waals surface area contributed by atoms with E-state index in [2.05, 4.69) is 20.5 Å². The zero-order chi connectivity index (χ0) is 18.5. The lowest BCUT2D eigenvalue weighted by molar-refractivity contribution is -0.121. The summed E-state index contributed by atoms with van der Waals surface area (Å²) in [7, 11) is 0. The smallest absolute Gasteiger partial charge is 0.220 e. The molecule has 0 bridgehead atoms. The van der Waals surface area contributed by atoms with Crippen molar-refractivity contribution in [1.29, 1.82) is 0 Å². The second-order valence-electron chi connectivity index (χ2n) is 6.47. The summed E-state index contributed by atoms with van der Waals surface area (Å²) in [5.74, 6) is 0.0550. The van der Waals surface area contributed by atoms with E-state index in [4.69, 9.17) is 0 Å². The molecular weight excluding hydrogens is 328 g/mol. The fourth-order valence-corrected chi connectivity index (χ4v) is 2.94. The lowest BCUT2D eigenvalue weighted by Crippen LogP contribution is -2.26. The average molecular weight is 352 g/mol. The number of hydrogen-bond donors (Lipinski definition) is 1. The van der Waals surface area contributed by atoms with Crippen LogP contribution in [0.1, 0.15) is 42.8 Å². The molecule has 1 amide bonds. The van der Waals surface area contributed by atoms with Crippen LogP contribution in [0.3, 0.4) is 0 Å². The van der Waals surface area contributed by atoms with Gasteiger partial charge in [0.2, 0.25) is 5.91 Å². The lowest BCUT2D eigenvalue weighted by atomic mass is 10.1. The van der Waals surface area contributed by atoms with Crippen LogP contribution in [0.15, 0.2) is 43.0 Å². The van der Waals surface area contributed by atoms with Gasteiger partial charge in [-0.25, -0.2) is 9.67 Å². The normalized spacial score (nSPS) is 12.1. The van der Waals surface area contributed by atoms with Crippen LogP contribution in [-0.2, 0) is 11.3 Å². The predicted octanol–water partition coefficient (Wildman–Crippen LogP) is 2.74. The molecule has 1 N–H and O–H groups in total. The lowest BCUT2D eigenvalue weighted by Gasteiger charge is -2.15. The van der Waals surface area contributed by atoms with Crippen LogP contribution < -0.4 is 5.32 Å². The Balaban J connectivity index is 1.48. The SMILES string of the molecule is Cc1cc(C)n(CCCC(=O)N[C@H](C)c2ccc(-n3cncn3)cc2)n1. The van der Waals surface area contributed by atoms with E-state index in [1.165, 1.54) is 6.33 Å². The average Bonchev–Trinajstić information content (AvgIpc) is 3.25. The Morgan fingerprint density at radius 3 is 2.62 bits per heavy atom. The van der Waals surface area contributed by atoms with Gasteiger partial charge in [-0.2, -0.15) is 10.2 Å². The number of carbonyl (C=O) groups excluding carboxylic acids is 1. The highest BCUT2D eigenvalue weighted by atomic mass is 16.1. The fourth-order valence-electron chi connectivity index (χ4n) is 2.94. The van der Waals surface area contributed by atoms with Gasteiger partial charge in [-0.05, 0) is 51.0 Å². The Kier molecular flexibility index (Phi) is 5.46. The van der Waals surface area contributed by atoms with Crippen molar-refractivity contribution in [3.8, 4) is 5.69 Å². The number of rotatable bonds is 7. The van der Waals surface area contributed by atoms with Gasteiger partial charge in [0.15, 0.2) is 0 Å². The summed E-state index contributed by atoms with van der Waals surface area (Å²) in [6, 6.07) is 9.94. The molecule has 1 atom stereocenters. The highest BCUT2D eigenvalue weighted by molar-refractivity contribution is 5.76. The fraction of sp³-hybridized carbons (Fsp3) is 0.368.